The molecule has 2 heterocycles. The molecule has 0 radical (unpaired) electrons. The normalized spacial score (nSPS) is 19.6. The summed E-state index contributed by atoms with van der Waals surface area (Å²) in [6.07, 6.45) is 2.71. The first-order chi connectivity index (χ1) is 8.72. The molecule has 96 valence electrons. The van der Waals surface area contributed by atoms with Crippen molar-refractivity contribution in [3.8, 4) is 0 Å². The fourth-order valence-electron chi connectivity index (χ4n) is 2.26. The topological polar surface area (TPSA) is 34.2 Å². The van der Waals surface area contributed by atoms with Gasteiger partial charge in [0.25, 0.3) is 0 Å². The minimum absolute atomic E-state index is 0.362. The number of aromatic nitrogens is 1. The van der Waals surface area contributed by atoms with Crippen LogP contribution in [0.5, 0.6) is 0 Å². The van der Waals surface area contributed by atoms with Crippen LogP contribution in [-0.4, -0.2) is 24.2 Å². The maximum atomic E-state index is 5.60. The third-order valence-electron chi connectivity index (χ3n) is 3.51. The maximum absolute atomic E-state index is 5.60. The van der Waals surface area contributed by atoms with Crippen molar-refractivity contribution in [3.05, 3.63) is 23.3 Å². The number of fused-ring (bicyclic) bond motifs is 1. The molecule has 3 nitrogen and oxygen atoms in total. The molecule has 1 atom stereocenters. The van der Waals surface area contributed by atoms with Crippen LogP contribution in [0.1, 0.15) is 24.0 Å². The average Bonchev–Trinajstić information content (AvgIpc) is 2.96. The van der Waals surface area contributed by atoms with Crippen molar-refractivity contribution in [2.75, 3.05) is 18.5 Å². The number of ether oxygens (including phenoxy) is 1. The number of hydrogen-bond donors (Lipinski definition) is 1. The number of hydrogen-bond acceptors (Lipinski definition) is 4. The number of nitrogens with zero attached hydrogens (tertiary/aromatic N) is 1. The van der Waals surface area contributed by atoms with Gasteiger partial charge >= 0.3 is 0 Å². The van der Waals surface area contributed by atoms with E-state index in [0.29, 0.717) is 6.10 Å². The van der Waals surface area contributed by atoms with Crippen LogP contribution < -0.4 is 5.32 Å². The molecule has 0 spiro atoms. The van der Waals surface area contributed by atoms with E-state index in [2.05, 4.69) is 36.3 Å². The van der Waals surface area contributed by atoms with Crippen LogP contribution in [-0.2, 0) is 4.74 Å². The lowest BCUT2D eigenvalue weighted by atomic mass is 10.1. The molecule has 1 aromatic carbocycles. The molecule has 1 saturated heterocycles. The zero-order valence-corrected chi connectivity index (χ0v) is 11.6. The van der Waals surface area contributed by atoms with Gasteiger partial charge in [-0.25, -0.2) is 4.98 Å². The first-order valence-corrected chi connectivity index (χ1v) is 7.27. The smallest absolute Gasteiger partial charge is 0.183 e. The van der Waals surface area contributed by atoms with E-state index in [9.17, 15) is 0 Å². The van der Waals surface area contributed by atoms with Crippen LogP contribution in [0.2, 0.25) is 0 Å². The van der Waals surface area contributed by atoms with Gasteiger partial charge in [-0.15, -0.1) is 0 Å². The fourth-order valence-corrected chi connectivity index (χ4v) is 3.21. The Balaban J connectivity index is 1.76. The molecule has 1 fully saturated rings. The van der Waals surface area contributed by atoms with Gasteiger partial charge in [-0.05, 0) is 49.9 Å². The molecular formula is C14H18N2OS. The van der Waals surface area contributed by atoms with Gasteiger partial charge in [-0.1, -0.05) is 11.3 Å². The number of nitrogens with one attached hydrogen (secondary N) is 1. The fraction of sp³-hybridized carbons (Fsp3) is 0.500. The van der Waals surface area contributed by atoms with Crippen LogP contribution >= 0.6 is 11.3 Å². The zero-order valence-electron chi connectivity index (χ0n) is 10.8. The van der Waals surface area contributed by atoms with Gasteiger partial charge in [-0.2, -0.15) is 0 Å². The van der Waals surface area contributed by atoms with Crippen LogP contribution in [0.4, 0.5) is 5.13 Å². The predicted molar refractivity (Wildman–Crippen MR) is 76.6 cm³/mol. The Bertz CT molecular complexity index is 519. The third-order valence-corrected chi connectivity index (χ3v) is 4.48. The van der Waals surface area contributed by atoms with Crippen LogP contribution in [0, 0.1) is 13.8 Å². The Hall–Kier alpha value is -1.13. The molecular weight excluding hydrogens is 244 g/mol. The number of thiazole rings is 1. The molecule has 0 aliphatic carbocycles. The maximum Gasteiger partial charge on any atom is 0.183 e. The van der Waals surface area contributed by atoms with Crippen molar-refractivity contribution < 1.29 is 4.74 Å². The lowest BCUT2D eigenvalue weighted by Crippen LogP contribution is -2.18. The van der Waals surface area contributed by atoms with E-state index in [4.69, 9.17) is 4.74 Å². The molecule has 4 heteroatoms. The van der Waals surface area contributed by atoms with E-state index in [0.717, 1.165) is 30.2 Å². The van der Waals surface area contributed by atoms with E-state index in [1.807, 2.05) is 0 Å². The predicted octanol–water partition coefficient (Wildman–Crippen LogP) is 3.50. The van der Waals surface area contributed by atoms with Gasteiger partial charge in [0, 0.05) is 13.2 Å². The minimum Gasteiger partial charge on any atom is -0.376 e. The summed E-state index contributed by atoms with van der Waals surface area (Å²) < 4.78 is 6.86. The molecule has 1 aliphatic heterocycles. The molecule has 0 unspecified atom stereocenters. The molecule has 0 saturated carbocycles. The summed E-state index contributed by atoms with van der Waals surface area (Å²) in [4.78, 5) is 4.63. The number of anilines is 1. The molecule has 1 aliphatic rings. The summed E-state index contributed by atoms with van der Waals surface area (Å²) in [5, 5.41) is 4.40. The van der Waals surface area contributed by atoms with Crippen LogP contribution in [0.3, 0.4) is 0 Å². The van der Waals surface area contributed by atoms with Gasteiger partial charge < -0.3 is 10.1 Å². The second kappa shape index (κ2) is 4.86. The molecule has 18 heavy (non-hydrogen) atoms. The second-order valence-electron chi connectivity index (χ2n) is 4.94. The highest BCUT2D eigenvalue weighted by Crippen LogP contribution is 2.28. The van der Waals surface area contributed by atoms with E-state index < -0.39 is 0 Å². The molecule has 1 aromatic heterocycles. The Labute approximate surface area is 111 Å². The summed E-state index contributed by atoms with van der Waals surface area (Å²) in [5.74, 6) is 0. The highest BCUT2D eigenvalue weighted by atomic mass is 32.1. The number of benzene rings is 1. The summed E-state index contributed by atoms with van der Waals surface area (Å²) in [5.41, 5.74) is 3.73. The van der Waals surface area contributed by atoms with Crippen LogP contribution in [0.15, 0.2) is 12.1 Å². The van der Waals surface area contributed by atoms with E-state index >= 15 is 0 Å². The number of rotatable bonds is 3. The van der Waals surface area contributed by atoms with Gasteiger partial charge in [0.05, 0.1) is 16.3 Å². The second-order valence-corrected chi connectivity index (χ2v) is 5.97. The minimum atomic E-state index is 0.362. The van der Waals surface area contributed by atoms with Gasteiger partial charge in [0.2, 0.25) is 0 Å². The summed E-state index contributed by atoms with van der Waals surface area (Å²) in [6, 6.07) is 4.39. The first kappa shape index (κ1) is 11.9. The zero-order chi connectivity index (χ0) is 12.5. The molecule has 0 amide bonds. The monoisotopic (exact) mass is 262 g/mol. The van der Waals surface area contributed by atoms with Crippen molar-refractivity contribution in [2.45, 2.75) is 32.8 Å². The molecule has 0 bridgehead atoms. The van der Waals surface area contributed by atoms with E-state index in [1.165, 1.54) is 22.2 Å². The highest BCUT2D eigenvalue weighted by molar-refractivity contribution is 7.22. The van der Waals surface area contributed by atoms with Gasteiger partial charge in [0.1, 0.15) is 0 Å². The van der Waals surface area contributed by atoms with Crippen molar-refractivity contribution in [1.29, 1.82) is 0 Å². The van der Waals surface area contributed by atoms with Gasteiger partial charge in [0.15, 0.2) is 5.13 Å². The lowest BCUT2D eigenvalue weighted by Gasteiger charge is -2.08. The standard InChI is InChI=1S/C14H18N2OS/c1-9-6-12-13(7-10(9)2)18-14(16-12)15-8-11-4-3-5-17-11/h6-7,11H,3-5,8H2,1-2H3,(H,15,16)/t11-/m0/s1. The summed E-state index contributed by atoms with van der Waals surface area (Å²) in [7, 11) is 0. The van der Waals surface area contributed by atoms with E-state index in [1.54, 1.807) is 11.3 Å². The van der Waals surface area contributed by atoms with E-state index in [-0.39, 0.29) is 0 Å². The number of aryl methyl sites for hydroxylation is 2. The quantitative estimate of drug-likeness (QED) is 0.919. The van der Waals surface area contributed by atoms with Gasteiger partial charge in [-0.3, -0.25) is 0 Å². The van der Waals surface area contributed by atoms with Crippen molar-refractivity contribution in [2.24, 2.45) is 0 Å². The Kier molecular flexibility index (Phi) is 3.22. The Morgan fingerprint density at radius 3 is 3.00 bits per heavy atom. The summed E-state index contributed by atoms with van der Waals surface area (Å²) >= 11 is 1.73. The average molecular weight is 262 g/mol. The highest BCUT2D eigenvalue weighted by Gasteiger charge is 2.15. The van der Waals surface area contributed by atoms with Crippen molar-refractivity contribution in [1.82, 2.24) is 4.98 Å². The third kappa shape index (κ3) is 2.35. The van der Waals surface area contributed by atoms with Crippen molar-refractivity contribution >= 4 is 26.7 Å². The summed E-state index contributed by atoms with van der Waals surface area (Å²) in [6.45, 7) is 6.06. The molecule has 3 rings (SSSR count). The van der Waals surface area contributed by atoms with Crippen molar-refractivity contribution in [3.63, 3.8) is 0 Å². The lowest BCUT2D eigenvalue weighted by molar-refractivity contribution is 0.120. The molecule has 1 N–H and O–H groups in total. The Morgan fingerprint density at radius 1 is 1.39 bits per heavy atom. The van der Waals surface area contributed by atoms with Crippen LogP contribution in [0.25, 0.3) is 10.2 Å². The Morgan fingerprint density at radius 2 is 2.22 bits per heavy atom. The molecule has 2 aromatic rings. The largest absolute Gasteiger partial charge is 0.376 e. The SMILES string of the molecule is Cc1cc2nc(NC[C@@H]3CCCO3)sc2cc1C. The first-order valence-electron chi connectivity index (χ1n) is 6.45.